The average Bonchev–Trinajstić information content (AvgIpc) is 2.61. The molecule has 2 aromatic rings. The first-order valence-electron chi connectivity index (χ1n) is 4.69. The van der Waals surface area contributed by atoms with Gasteiger partial charge in [0.05, 0.1) is 20.9 Å². The van der Waals surface area contributed by atoms with Crippen LogP contribution in [0.2, 0.25) is 0 Å². The molecular weight excluding hydrogens is 208 g/mol. The van der Waals surface area contributed by atoms with Crippen molar-refractivity contribution in [3.8, 4) is 0 Å². The summed E-state index contributed by atoms with van der Waals surface area (Å²) in [5.74, 6) is 0.431. The molecule has 0 N–H and O–H groups in total. The quantitative estimate of drug-likeness (QED) is 0.572. The second-order valence-electron chi connectivity index (χ2n) is 3.56. The lowest BCUT2D eigenvalue weighted by Gasteiger charge is -1.94. The minimum absolute atomic E-state index is 0.431. The lowest BCUT2D eigenvalue weighted by molar-refractivity contribution is 0.565. The predicted octanol–water partition coefficient (Wildman–Crippen LogP) is 3.39. The van der Waals surface area contributed by atoms with E-state index in [9.17, 15) is 4.79 Å². The van der Waals surface area contributed by atoms with Crippen molar-refractivity contribution in [3.05, 3.63) is 23.2 Å². The topological polar surface area (TPSA) is 42.3 Å². The Kier molecular flexibility index (Phi) is 2.62. The normalized spacial score (nSPS) is 10.6. The summed E-state index contributed by atoms with van der Waals surface area (Å²) in [6, 6.07) is 5.52. The molecule has 15 heavy (non-hydrogen) atoms. The number of hydrogen-bond donors (Lipinski definition) is 0. The van der Waals surface area contributed by atoms with Crippen molar-refractivity contribution < 1.29 is 4.79 Å². The van der Waals surface area contributed by atoms with Crippen LogP contribution in [0.4, 0.5) is 5.69 Å². The van der Waals surface area contributed by atoms with E-state index in [0.29, 0.717) is 11.6 Å². The molecule has 0 spiro atoms. The van der Waals surface area contributed by atoms with Gasteiger partial charge in [0.1, 0.15) is 0 Å². The molecule has 0 atom stereocenters. The minimum atomic E-state index is 0.431. The lowest BCUT2D eigenvalue weighted by Crippen LogP contribution is -1.82. The molecule has 0 fully saturated rings. The van der Waals surface area contributed by atoms with Crippen LogP contribution in [0, 0.1) is 0 Å². The summed E-state index contributed by atoms with van der Waals surface area (Å²) >= 11 is 1.64. The van der Waals surface area contributed by atoms with Crippen molar-refractivity contribution in [2.75, 3.05) is 0 Å². The molecule has 0 unspecified atom stereocenters. The fourth-order valence-electron chi connectivity index (χ4n) is 1.30. The highest BCUT2D eigenvalue weighted by atomic mass is 32.1. The van der Waals surface area contributed by atoms with Gasteiger partial charge in [0.25, 0.3) is 0 Å². The second kappa shape index (κ2) is 3.93. The maximum atomic E-state index is 10.1. The van der Waals surface area contributed by atoms with E-state index in [0.717, 1.165) is 15.2 Å². The third kappa shape index (κ3) is 1.96. The molecule has 2 rings (SSSR count). The Labute approximate surface area is 91.5 Å². The van der Waals surface area contributed by atoms with Crippen LogP contribution in [0.1, 0.15) is 24.8 Å². The van der Waals surface area contributed by atoms with E-state index in [2.05, 4.69) is 23.8 Å². The summed E-state index contributed by atoms with van der Waals surface area (Å²) in [5.41, 5.74) is 1.60. The Morgan fingerprint density at radius 3 is 2.93 bits per heavy atom. The number of aromatic nitrogens is 1. The van der Waals surface area contributed by atoms with E-state index >= 15 is 0 Å². The third-order valence-electron chi connectivity index (χ3n) is 2.06. The lowest BCUT2D eigenvalue weighted by atomic mass is 10.2. The highest BCUT2D eigenvalue weighted by Gasteiger charge is 2.07. The molecule has 0 saturated heterocycles. The Balaban J connectivity index is 2.56. The summed E-state index contributed by atoms with van der Waals surface area (Å²) in [6.45, 7) is 4.23. The Hall–Kier alpha value is -1.51. The molecule has 1 aromatic heterocycles. The maximum absolute atomic E-state index is 10.1. The zero-order valence-electron chi connectivity index (χ0n) is 8.52. The fraction of sp³-hybridized carbons (Fsp3) is 0.273. The van der Waals surface area contributed by atoms with Gasteiger partial charge >= 0.3 is 0 Å². The highest BCUT2D eigenvalue weighted by molar-refractivity contribution is 7.18. The van der Waals surface area contributed by atoms with Crippen LogP contribution in [0.25, 0.3) is 10.2 Å². The Morgan fingerprint density at radius 1 is 1.47 bits per heavy atom. The molecule has 0 amide bonds. The SMILES string of the molecule is CC(C)c1nc2ccc(N=C=O)cc2s1. The van der Waals surface area contributed by atoms with Gasteiger partial charge in [-0.2, -0.15) is 4.99 Å². The van der Waals surface area contributed by atoms with E-state index in [4.69, 9.17) is 0 Å². The first-order chi connectivity index (χ1) is 7.20. The van der Waals surface area contributed by atoms with E-state index in [1.165, 1.54) is 6.08 Å². The van der Waals surface area contributed by atoms with Crippen LogP contribution in [0.5, 0.6) is 0 Å². The van der Waals surface area contributed by atoms with Crippen LogP contribution in [0.15, 0.2) is 23.2 Å². The monoisotopic (exact) mass is 218 g/mol. The molecule has 0 aliphatic rings. The van der Waals surface area contributed by atoms with Crippen LogP contribution in [-0.4, -0.2) is 11.1 Å². The number of thiazole rings is 1. The van der Waals surface area contributed by atoms with Gasteiger partial charge in [-0.1, -0.05) is 13.8 Å². The standard InChI is InChI=1S/C11H10N2OS/c1-7(2)11-13-9-4-3-8(12-6-14)5-10(9)15-11/h3-5,7H,1-2H3. The molecule has 0 saturated carbocycles. The van der Waals surface area contributed by atoms with Gasteiger partial charge in [0.15, 0.2) is 0 Å². The number of nitrogens with zero attached hydrogens (tertiary/aromatic N) is 2. The molecule has 1 heterocycles. The molecule has 76 valence electrons. The van der Waals surface area contributed by atoms with Crippen molar-refractivity contribution in [2.24, 2.45) is 4.99 Å². The van der Waals surface area contributed by atoms with Gasteiger partial charge in [-0.05, 0) is 18.2 Å². The average molecular weight is 218 g/mol. The third-order valence-corrected chi connectivity index (χ3v) is 3.38. The molecule has 0 aliphatic carbocycles. The number of isocyanates is 1. The van der Waals surface area contributed by atoms with Crippen molar-refractivity contribution in [1.29, 1.82) is 0 Å². The minimum Gasteiger partial charge on any atom is -0.241 e. The van der Waals surface area contributed by atoms with Gasteiger partial charge in [-0.15, -0.1) is 11.3 Å². The van der Waals surface area contributed by atoms with E-state index in [1.807, 2.05) is 12.1 Å². The summed E-state index contributed by atoms with van der Waals surface area (Å²) in [5, 5.41) is 1.11. The van der Waals surface area contributed by atoms with E-state index in [-0.39, 0.29) is 0 Å². The van der Waals surface area contributed by atoms with Crippen molar-refractivity contribution in [1.82, 2.24) is 4.98 Å². The number of fused-ring (bicyclic) bond motifs is 1. The van der Waals surface area contributed by atoms with Gasteiger partial charge in [0.2, 0.25) is 6.08 Å². The van der Waals surface area contributed by atoms with Crippen molar-refractivity contribution in [2.45, 2.75) is 19.8 Å². The molecule has 4 heteroatoms. The molecule has 0 bridgehead atoms. The largest absolute Gasteiger partial charge is 0.241 e. The molecular formula is C11H10N2OS. The maximum Gasteiger partial charge on any atom is 0.240 e. The van der Waals surface area contributed by atoms with Crippen molar-refractivity contribution >= 4 is 33.3 Å². The summed E-state index contributed by atoms with van der Waals surface area (Å²) in [7, 11) is 0. The van der Waals surface area contributed by atoms with Crippen molar-refractivity contribution in [3.63, 3.8) is 0 Å². The second-order valence-corrected chi connectivity index (χ2v) is 4.62. The summed E-state index contributed by atoms with van der Waals surface area (Å²) < 4.78 is 1.07. The number of rotatable bonds is 2. The number of aliphatic imine (C=N–C) groups is 1. The van der Waals surface area contributed by atoms with Crippen LogP contribution in [0.3, 0.4) is 0 Å². The van der Waals surface area contributed by atoms with Gasteiger partial charge in [0, 0.05) is 5.92 Å². The molecule has 0 radical (unpaired) electrons. The summed E-state index contributed by atoms with van der Waals surface area (Å²) in [6.07, 6.45) is 1.54. The van der Waals surface area contributed by atoms with Gasteiger partial charge in [-0.25, -0.2) is 9.78 Å². The van der Waals surface area contributed by atoms with Crippen LogP contribution >= 0.6 is 11.3 Å². The van der Waals surface area contributed by atoms with Gasteiger partial charge in [-0.3, -0.25) is 0 Å². The zero-order valence-corrected chi connectivity index (χ0v) is 9.34. The Bertz CT molecular complexity index is 539. The highest BCUT2D eigenvalue weighted by Crippen LogP contribution is 2.29. The molecule has 1 aromatic carbocycles. The molecule has 0 aliphatic heterocycles. The first kappa shape index (κ1) is 10.0. The number of hydrogen-bond acceptors (Lipinski definition) is 4. The number of benzene rings is 1. The van der Waals surface area contributed by atoms with Crippen LogP contribution in [-0.2, 0) is 4.79 Å². The van der Waals surface area contributed by atoms with Crippen LogP contribution < -0.4 is 0 Å². The summed E-state index contributed by atoms with van der Waals surface area (Å²) in [4.78, 5) is 18.2. The fourth-order valence-corrected chi connectivity index (χ4v) is 2.30. The zero-order chi connectivity index (χ0) is 10.8. The van der Waals surface area contributed by atoms with E-state index < -0.39 is 0 Å². The van der Waals surface area contributed by atoms with Gasteiger partial charge < -0.3 is 0 Å². The first-order valence-corrected chi connectivity index (χ1v) is 5.50. The van der Waals surface area contributed by atoms with E-state index in [1.54, 1.807) is 17.4 Å². The predicted molar refractivity (Wildman–Crippen MR) is 61.5 cm³/mol. The Morgan fingerprint density at radius 2 is 2.27 bits per heavy atom. The smallest absolute Gasteiger partial charge is 0.240 e. The molecule has 3 nitrogen and oxygen atoms in total. The number of carbonyl (C=O) groups excluding carboxylic acids is 1.